The van der Waals surface area contributed by atoms with E-state index in [0.29, 0.717) is 6.54 Å². The third-order valence-corrected chi connectivity index (χ3v) is 3.72. The maximum atomic E-state index is 6.12. The van der Waals surface area contributed by atoms with Crippen molar-refractivity contribution >= 4 is 5.69 Å². The lowest BCUT2D eigenvalue weighted by Crippen LogP contribution is -2.29. The summed E-state index contributed by atoms with van der Waals surface area (Å²) in [6, 6.07) is 16.4. The molecule has 21 heavy (non-hydrogen) atoms. The number of para-hydroxylation sites is 1. The molecule has 1 unspecified atom stereocenters. The number of rotatable bonds is 3. The highest BCUT2D eigenvalue weighted by molar-refractivity contribution is 5.63. The summed E-state index contributed by atoms with van der Waals surface area (Å²) >= 11 is 0. The van der Waals surface area contributed by atoms with Crippen LogP contribution in [0.1, 0.15) is 37.0 Å². The molecular weight excluding hydrogens is 258 g/mol. The second-order valence-electron chi connectivity index (χ2n) is 5.29. The van der Waals surface area contributed by atoms with Gasteiger partial charge in [-0.25, -0.2) is 5.06 Å². The lowest BCUT2D eigenvalue weighted by atomic mass is 10.0. The summed E-state index contributed by atoms with van der Waals surface area (Å²) in [5.74, 6) is 6.55. The van der Waals surface area contributed by atoms with E-state index in [4.69, 9.17) is 4.84 Å². The van der Waals surface area contributed by atoms with E-state index in [1.54, 1.807) is 0 Å². The molecule has 0 aliphatic carbocycles. The molecule has 0 fully saturated rings. The summed E-state index contributed by atoms with van der Waals surface area (Å²) in [4.78, 5) is 6.12. The number of nitrogens with zero attached hydrogens (tertiary/aromatic N) is 1. The minimum atomic E-state index is 0.178. The van der Waals surface area contributed by atoms with Crippen molar-refractivity contribution in [1.82, 2.24) is 0 Å². The smallest absolute Gasteiger partial charge is 0.0826 e. The third kappa shape index (κ3) is 2.94. The first-order chi connectivity index (χ1) is 10.3. The van der Waals surface area contributed by atoms with Gasteiger partial charge in [0.05, 0.1) is 23.9 Å². The average Bonchev–Trinajstić information content (AvgIpc) is 2.51. The Morgan fingerprint density at radius 1 is 1.05 bits per heavy atom. The van der Waals surface area contributed by atoms with Crippen molar-refractivity contribution in [2.75, 3.05) is 5.06 Å². The fourth-order valence-corrected chi connectivity index (χ4v) is 2.34. The Hall–Kier alpha value is -2.24. The number of anilines is 1. The van der Waals surface area contributed by atoms with Crippen molar-refractivity contribution in [3.8, 4) is 11.8 Å². The molecule has 2 nitrogen and oxygen atoms in total. The van der Waals surface area contributed by atoms with E-state index in [0.717, 1.165) is 23.2 Å². The van der Waals surface area contributed by atoms with Crippen LogP contribution in [-0.2, 0) is 11.4 Å². The molecule has 1 aliphatic heterocycles. The van der Waals surface area contributed by atoms with E-state index >= 15 is 0 Å². The van der Waals surface area contributed by atoms with Gasteiger partial charge in [0.15, 0.2) is 0 Å². The van der Waals surface area contributed by atoms with Crippen LogP contribution < -0.4 is 5.06 Å². The zero-order valence-corrected chi connectivity index (χ0v) is 12.5. The van der Waals surface area contributed by atoms with Crippen molar-refractivity contribution < 1.29 is 4.84 Å². The minimum absolute atomic E-state index is 0.178. The van der Waals surface area contributed by atoms with Crippen LogP contribution in [0.25, 0.3) is 0 Å². The maximum Gasteiger partial charge on any atom is 0.0826 e. The molecule has 0 radical (unpaired) electrons. The number of benzene rings is 2. The molecule has 0 saturated heterocycles. The standard InChI is InChI=1S/C19H19NO/c1-3-15(2)21-20-14-18-10-5-4-8-16(18)12-13-17-9-6-7-11-19(17)20/h4-11,15H,3,14H2,1-2H3. The van der Waals surface area contributed by atoms with Gasteiger partial charge in [0, 0.05) is 5.56 Å². The molecular formula is C19H19NO. The predicted octanol–water partition coefficient (Wildman–Crippen LogP) is 4.14. The second-order valence-corrected chi connectivity index (χ2v) is 5.29. The van der Waals surface area contributed by atoms with Crippen LogP contribution in [0.5, 0.6) is 0 Å². The van der Waals surface area contributed by atoms with Crippen molar-refractivity contribution in [1.29, 1.82) is 0 Å². The Bertz CT molecular complexity index is 696. The van der Waals surface area contributed by atoms with Gasteiger partial charge in [0.25, 0.3) is 0 Å². The fraction of sp³-hybridized carbons (Fsp3) is 0.263. The van der Waals surface area contributed by atoms with Crippen LogP contribution in [-0.4, -0.2) is 6.10 Å². The van der Waals surface area contributed by atoms with Gasteiger partial charge < -0.3 is 0 Å². The van der Waals surface area contributed by atoms with Gasteiger partial charge in [-0.15, -0.1) is 0 Å². The number of hydrogen-bond acceptors (Lipinski definition) is 2. The topological polar surface area (TPSA) is 12.5 Å². The molecule has 2 aromatic rings. The van der Waals surface area contributed by atoms with Crippen molar-refractivity contribution in [3.63, 3.8) is 0 Å². The van der Waals surface area contributed by atoms with Gasteiger partial charge in [-0.3, -0.25) is 4.84 Å². The predicted molar refractivity (Wildman–Crippen MR) is 85.9 cm³/mol. The van der Waals surface area contributed by atoms with E-state index in [9.17, 15) is 0 Å². The highest BCUT2D eigenvalue weighted by Crippen LogP contribution is 2.26. The lowest BCUT2D eigenvalue weighted by molar-refractivity contribution is 0.0387. The Labute approximate surface area is 126 Å². The lowest BCUT2D eigenvalue weighted by Gasteiger charge is -2.29. The molecule has 2 heteroatoms. The zero-order valence-electron chi connectivity index (χ0n) is 12.5. The van der Waals surface area contributed by atoms with Crippen LogP contribution in [0.2, 0.25) is 0 Å². The summed E-state index contributed by atoms with van der Waals surface area (Å²) in [5.41, 5.74) is 4.32. The van der Waals surface area contributed by atoms with Crippen molar-refractivity contribution in [2.45, 2.75) is 32.9 Å². The molecule has 0 saturated carbocycles. The number of hydroxylamine groups is 1. The van der Waals surface area contributed by atoms with E-state index in [1.165, 1.54) is 5.56 Å². The van der Waals surface area contributed by atoms with Crippen LogP contribution in [0.3, 0.4) is 0 Å². The molecule has 0 amide bonds. The average molecular weight is 277 g/mol. The normalized spacial score (nSPS) is 14.1. The second kappa shape index (κ2) is 6.03. The SMILES string of the molecule is CCC(C)ON1Cc2ccccc2C#Cc2ccccc21. The highest BCUT2D eigenvalue weighted by atomic mass is 16.7. The summed E-state index contributed by atoms with van der Waals surface area (Å²) in [5, 5.41) is 1.98. The van der Waals surface area contributed by atoms with Gasteiger partial charge in [-0.05, 0) is 37.1 Å². The van der Waals surface area contributed by atoms with Gasteiger partial charge in [-0.2, -0.15) is 0 Å². The summed E-state index contributed by atoms with van der Waals surface area (Å²) in [6.45, 7) is 4.94. The quantitative estimate of drug-likeness (QED) is 0.782. The van der Waals surface area contributed by atoms with E-state index < -0.39 is 0 Å². The molecule has 1 heterocycles. The fourth-order valence-electron chi connectivity index (χ4n) is 2.34. The van der Waals surface area contributed by atoms with Crippen LogP contribution in [0.15, 0.2) is 48.5 Å². The van der Waals surface area contributed by atoms with E-state index in [-0.39, 0.29) is 6.10 Å². The molecule has 0 N–H and O–H groups in total. The van der Waals surface area contributed by atoms with Crippen molar-refractivity contribution in [2.24, 2.45) is 0 Å². The van der Waals surface area contributed by atoms with Crippen LogP contribution >= 0.6 is 0 Å². The van der Waals surface area contributed by atoms with Crippen LogP contribution in [0.4, 0.5) is 5.69 Å². The first kappa shape index (κ1) is 13.7. The first-order valence-electron chi connectivity index (χ1n) is 7.41. The van der Waals surface area contributed by atoms with Crippen molar-refractivity contribution in [3.05, 3.63) is 65.2 Å². The van der Waals surface area contributed by atoms with E-state index in [2.05, 4.69) is 50.0 Å². The maximum absolute atomic E-state index is 6.12. The van der Waals surface area contributed by atoms with Gasteiger partial charge >= 0.3 is 0 Å². The zero-order chi connectivity index (χ0) is 14.7. The largest absolute Gasteiger partial charge is 0.270 e. The summed E-state index contributed by atoms with van der Waals surface area (Å²) in [7, 11) is 0. The Balaban J connectivity index is 2.07. The third-order valence-electron chi connectivity index (χ3n) is 3.72. The van der Waals surface area contributed by atoms with Gasteiger partial charge in [0.2, 0.25) is 0 Å². The number of hydrogen-bond donors (Lipinski definition) is 0. The Kier molecular flexibility index (Phi) is 3.94. The molecule has 106 valence electrons. The molecule has 1 aliphatic rings. The molecule has 3 rings (SSSR count). The first-order valence-corrected chi connectivity index (χ1v) is 7.41. The minimum Gasteiger partial charge on any atom is -0.270 e. The van der Waals surface area contributed by atoms with E-state index in [1.807, 2.05) is 29.3 Å². The number of fused-ring (bicyclic) bond motifs is 2. The Morgan fingerprint density at radius 3 is 2.52 bits per heavy atom. The molecule has 0 aromatic heterocycles. The molecule has 1 atom stereocenters. The van der Waals surface area contributed by atoms with Crippen LogP contribution in [0, 0.1) is 11.8 Å². The van der Waals surface area contributed by atoms with Gasteiger partial charge in [0.1, 0.15) is 0 Å². The summed E-state index contributed by atoms with van der Waals surface area (Å²) < 4.78 is 0. The molecule has 2 aromatic carbocycles. The highest BCUT2D eigenvalue weighted by Gasteiger charge is 2.17. The molecule has 0 bridgehead atoms. The molecule has 0 spiro atoms. The Morgan fingerprint density at radius 2 is 1.71 bits per heavy atom. The summed E-state index contributed by atoms with van der Waals surface area (Å²) in [6.07, 6.45) is 1.16. The van der Waals surface area contributed by atoms with Gasteiger partial charge in [-0.1, -0.05) is 49.1 Å². The monoisotopic (exact) mass is 277 g/mol.